The number of hydrogen-bond acceptors (Lipinski definition) is 4. The van der Waals surface area contributed by atoms with Gasteiger partial charge in [-0.25, -0.2) is 14.7 Å². The summed E-state index contributed by atoms with van der Waals surface area (Å²) in [6.45, 7) is 2.33. The van der Waals surface area contributed by atoms with Crippen LogP contribution >= 0.6 is 0 Å². The van der Waals surface area contributed by atoms with Crippen molar-refractivity contribution in [2.24, 2.45) is 0 Å². The van der Waals surface area contributed by atoms with Gasteiger partial charge in [-0.1, -0.05) is 48.5 Å². The molecular weight excluding hydrogens is 356 g/mol. The Balaban J connectivity index is 1.84. The summed E-state index contributed by atoms with van der Waals surface area (Å²) in [7, 11) is 0. The fourth-order valence-corrected chi connectivity index (χ4v) is 3.46. The Morgan fingerprint density at radius 1 is 1.04 bits per heavy atom. The van der Waals surface area contributed by atoms with Crippen LogP contribution in [0.1, 0.15) is 24.1 Å². The third-order valence-electron chi connectivity index (χ3n) is 4.93. The Labute approximate surface area is 162 Å². The summed E-state index contributed by atoms with van der Waals surface area (Å²) in [5.41, 5.74) is 1.90. The number of carbonyl (C=O) groups is 1. The van der Waals surface area contributed by atoms with Gasteiger partial charge in [0.15, 0.2) is 0 Å². The number of nitro benzene ring substituents is 1. The zero-order valence-corrected chi connectivity index (χ0v) is 15.2. The minimum absolute atomic E-state index is 0.137. The number of anilines is 2. The molecule has 28 heavy (non-hydrogen) atoms. The van der Waals surface area contributed by atoms with Gasteiger partial charge < -0.3 is 4.90 Å². The molecule has 0 bridgehead atoms. The number of fused-ring (bicyclic) bond motifs is 1. The number of carbonyl (C=O) groups excluding carboxylic acids is 1. The third kappa shape index (κ3) is 2.96. The van der Waals surface area contributed by atoms with Crippen LogP contribution in [-0.2, 0) is 6.54 Å². The summed E-state index contributed by atoms with van der Waals surface area (Å²) < 4.78 is 0. The number of amides is 2. The van der Waals surface area contributed by atoms with E-state index in [1.54, 1.807) is 35.4 Å². The van der Waals surface area contributed by atoms with Crippen molar-refractivity contribution >= 4 is 23.2 Å². The highest BCUT2D eigenvalue weighted by Crippen LogP contribution is 2.40. The largest absolute Gasteiger partial charge is 0.331 e. The predicted molar refractivity (Wildman–Crippen MR) is 105 cm³/mol. The van der Waals surface area contributed by atoms with Crippen molar-refractivity contribution in [1.29, 1.82) is 0 Å². The van der Waals surface area contributed by atoms with Crippen LogP contribution in [-0.4, -0.2) is 20.8 Å². The number of benzene rings is 2. The smallest absolute Gasteiger partial charge is 0.313 e. The fraction of sp³-hybridized carbons (Fsp3) is 0.143. The van der Waals surface area contributed by atoms with Crippen LogP contribution in [0.15, 0.2) is 72.9 Å². The first-order valence-corrected chi connectivity index (χ1v) is 8.91. The van der Waals surface area contributed by atoms with E-state index in [1.165, 1.54) is 11.0 Å². The molecule has 4 rings (SSSR count). The summed E-state index contributed by atoms with van der Waals surface area (Å²) in [4.78, 5) is 31.9. The van der Waals surface area contributed by atoms with Crippen LogP contribution in [0.5, 0.6) is 0 Å². The lowest BCUT2D eigenvalue weighted by atomic mass is 10.0. The van der Waals surface area contributed by atoms with E-state index in [0.717, 1.165) is 11.1 Å². The van der Waals surface area contributed by atoms with Crippen LogP contribution in [0.2, 0.25) is 0 Å². The van der Waals surface area contributed by atoms with Crippen LogP contribution in [0, 0.1) is 10.1 Å². The highest BCUT2D eigenvalue weighted by molar-refractivity contribution is 6.02. The fourth-order valence-electron chi connectivity index (χ4n) is 3.46. The summed E-state index contributed by atoms with van der Waals surface area (Å²) >= 11 is 0. The Hall–Kier alpha value is -3.74. The lowest BCUT2D eigenvalue weighted by Gasteiger charge is -2.39. The van der Waals surface area contributed by atoms with Gasteiger partial charge in [-0.05, 0) is 24.6 Å². The monoisotopic (exact) mass is 374 g/mol. The standard InChI is InChI=1S/C21H18N4O3/c1-15(16-8-3-2-4-9-16)23-14-17-10-7-13-22-20(17)24(21(23)26)18-11-5-6-12-19(18)25(27)28/h2-13,15H,14H2,1H3. The van der Waals surface area contributed by atoms with E-state index >= 15 is 0 Å². The molecule has 2 amide bonds. The number of hydrogen-bond donors (Lipinski definition) is 0. The van der Waals surface area contributed by atoms with Gasteiger partial charge in [0, 0.05) is 17.8 Å². The van der Waals surface area contributed by atoms with E-state index in [1.807, 2.05) is 43.3 Å². The molecule has 1 aliphatic heterocycles. The first kappa shape index (κ1) is 17.7. The maximum absolute atomic E-state index is 13.5. The quantitative estimate of drug-likeness (QED) is 0.484. The molecule has 1 aliphatic rings. The molecule has 1 aromatic heterocycles. The second-order valence-electron chi connectivity index (χ2n) is 6.56. The van der Waals surface area contributed by atoms with Crippen molar-refractivity contribution in [3.63, 3.8) is 0 Å². The van der Waals surface area contributed by atoms with Gasteiger partial charge in [0.25, 0.3) is 5.69 Å². The van der Waals surface area contributed by atoms with Crippen molar-refractivity contribution in [3.8, 4) is 0 Å². The molecule has 0 saturated carbocycles. The molecule has 0 aliphatic carbocycles. The molecular formula is C21H18N4O3. The van der Waals surface area contributed by atoms with E-state index in [0.29, 0.717) is 12.4 Å². The maximum atomic E-state index is 13.5. The van der Waals surface area contributed by atoms with Crippen molar-refractivity contribution in [1.82, 2.24) is 9.88 Å². The number of rotatable bonds is 4. The van der Waals surface area contributed by atoms with E-state index in [9.17, 15) is 14.9 Å². The van der Waals surface area contributed by atoms with Crippen LogP contribution in [0.25, 0.3) is 0 Å². The molecule has 3 aromatic rings. The van der Waals surface area contributed by atoms with Crippen molar-refractivity contribution < 1.29 is 9.72 Å². The zero-order valence-electron chi connectivity index (χ0n) is 15.2. The predicted octanol–water partition coefficient (Wildman–Crippen LogP) is 4.82. The van der Waals surface area contributed by atoms with Gasteiger partial charge in [0.05, 0.1) is 17.5 Å². The molecule has 2 heterocycles. The maximum Gasteiger partial charge on any atom is 0.331 e. The normalized spacial score (nSPS) is 14.5. The van der Waals surface area contributed by atoms with Gasteiger partial charge in [0.2, 0.25) is 0 Å². The SMILES string of the molecule is CC(c1ccccc1)N1Cc2cccnc2N(c2ccccc2[N+](=O)[O-])C1=O. The zero-order chi connectivity index (χ0) is 19.7. The van der Waals surface area contributed by atoms with Gasteiger partial charge >= 0.3 is 6.03 Å². The molecule has 0 spiro atoms. The van der Waals surface area contributed by atoms with Gasteiger partial charge in [-0.2, -0.15) is 0 Å². The summed E-state index contributed by atoms with van der Waals surface area (Å²) in [6.07, 6.45) is 1.59. The summed E-state index contributed by atoms with van der Waals surface area (Å²) in [6, 6.07) is 19.1. The first-order chi connectivity index (χ1) is 13.6. The van der Waals surface area contributed by atoms with Crippen molar-refractivity contribution in [2.45, 2.75) is 19.5 Å². The average molecular weight is 374 g/mol. The Morgan fingerprint density at radius 3 is 2.50 bits per heavy atom. The number of para-hydroxylation sites is 2. The molecule has 1 unspecified atom stereocenters. The van der Waals surface area contributed by atoms with Crippen LogP contribution in [0.3, 0.4) is 0 Å². The van der Waals surface area contributed by atoms with Crippen LogP contribution < -0.4 is 4.90 Å². The Kier molecular flexibility index (Phi) is 4.49. The number of aromatic nitrogens is 1. The Bertz CT molecular complexity index is 1040. The third-order valence-corrected chi connectivity index (χ3v) is 4.93. The number of nitrogens with zero attached hydrogens (tertiary/aromatic N) is 4. The minimum atomic E-state index is -0.481. The van der Waals surface area contributed by atoms with Crippen LogP contribution in [0.4, 0.5) is 22.0 Å². The molecule has 0 radical (unpaired) electrons. The molecule has 140 valence electrons. The Morgan fingerprint density at radius 2 is 1.75 bits per heavy atom. The van der Waals surface area contributed by atoms with Crippen molar-refractivity contribution in [2.75, 3.05) is 4.90 Å². The molecule has 1 atom stereocenters. The summed E-state index contributed by atoms with van der Waals surface area (Å²) in [5, 5.41) is 11.6. The minimum Gasteiger partial charge on any atom is -0.313 e. The number of nitro groups is 1. The topological polar surface area (TPSA) is 79.6 Å². The van der Waals surface area contributed by atoms with E-state index in [2.05, 4.69) is 4.98 Å². The lowest BCUT2D eigenvalue weighted by Crippen LogP contribution is -2.46. The molecule has 0 saturated heterocycles. The van der Waals surface area contributed by atoms with E-state index in [-0.39, 0.29) is 23.4 Å². The first-order valence-electron chi connectivity index (χ1n) is 8.91. The molecule has 0 N–H and O–H groups in total. The van der Waals surface area contributed by atoms with Gasteiger partial charge in [0.1, 0.15) is 11.5 Å². The highest BCUT2D eigenvalue weighted by atomic mass is 16.6. The molecule has 0 fully saturated rings. The van der Waals surface area contributed by atoms with Crippen molar-refractivity contribution in [3.05, 3.63) is 94.2 Å². The number of urea groups is 1. The molecule has 7 heteroatoms. The lowest BCUT2D eigenvalue weighted by molar-refractivity contribution is -0.384. The molecule has 2 aromatic carbocycles. The second kappa shape index (κ2) is 7.11. The van der Waals surface area contributed by atoms with Gasteiger partial charge in [-0.3, -0.25) is 10.1 Å². The second-order valence-corrected chi connectivity index (χ2v) is 6.56. The summed E-state index contributed by atoms with van der Waals surface area (Å²) in [5.74, 6) is 0.429. The van der Waals surface area contributed by atoms with E-state index < -0.39 is 4.92 Å². The average Bonchev–Trinajstić information content (AvgIpc) is 2.73. The van der Waals surface area contributed by atoms with Gasteiger partial charge in [-0.15, -0.1) is 0 Å². The number of pyridine rings is 1. The molecule has 7 nitrogen and oxygen atoms in total. The highest BCUT2D eigenvalue weighted by Gasteiger charge is 2.37. The van der Waals surface area contributed by atoms with E-state index in [4.69, 9.17) is 0 Å².